The minimum absolute atomic E-state index is 0.0223. The highest BCUT2D eigenvalue weighted by atomic mass is 28.3. The molecule has 78 valence electrons. The van der Waals surface area contributed by atoms with Crippen molar-refractivity contribution in [3.05, 3.63) is 24.3 Å². The quantitative estimate of drug-likeness (QED) is 0.393. The molecule has 0 radical (unpaired) electrons. The van der Waals surface area contributed by atoms with Crippen LogP contribution in [0.4, 0.5) is 0 Å². The van der Waals surface area contributed by atoms with Crippen molar-refractivity contribution in [1.29, 1.82) is 0 Å². The van der Waals surface area contributed by atoms with Crippen LogP contribution in [0, 0.1) is 11.5 Å². The van der Waals surface area contributed by atoms with Gasteiger partial charge < -0.3 is 4.74 Å². The Morgan fingerprint density at radius 3 is 2.36 bits per heavy atom. The van der Waals surface area contributed by atoms with E-state index in [0.29, 0.717) is 0 Å². The number of allylic oxidation sites excluding steroid dienone is 1. The number of hydrogen-bond donors (Lipinski definition) is 0. The molecule has 1 atom stereocenters. The molecule has 0 saturated heterocycles. The molecule has 0 bridgehead atoms. The van der Waals surface area contributed by atoms with Crippen LogP contribution in [0.5, 0.6) is 0 Å². The predicted octanol–water partition coefficient (Wildman–Crippen LogP) is 3.01. The summed E-state index contributed by atoms with van der Waals surface area (Å²) in [5, 5.41) is 0. The van der Waals surface area contributed by atoms with Crippen LogP contribution in [0.3, 0.4) is 0 Å². The molecule has 0 aliphatic heterocycles. The second kappa shape index (κ2) is 5.84. The third-order valence-corrected chi connectivity index (χ3v) is 2.43. The molecule has 14 heavy (non-hydrogen) atoms. The minimum atomic E-state index is -1.26. The van der Waals surface area contributed by atoms with Gasteiger partial charge >= 0.3 is 0 Å². The lowest BCUT2D eigenvalue weighted by atomic mass is 10.2. The average Bonchev–Trinajstić information content (AvgIpc) is 2.09. The second-order valence-electron chi connectivity index (χ2n) is 4.29. The van der Waals surface area contributed by atoms with Gasteiger partial charge in [0.05, 0.1) is 6.10 Å². The summed E-state index contributed by atoms with van der Waals surface area (Å²) < 4.78 is 5.15. The molecule has 0 aromatic heterocycles. The molecule has 0 spiro atoms. The maximum absolute atomic E-state index is 5.15. The lowest BCUT2D eigenvalue weighted by Gasteiger charge is -2.05. The normalized spacial score (nSPS) is 14.2. The summed E-state index contributed by atoms with van der Waals surface area (Å²) in [6.07, 6.45) is 3.73. The Bertz CT molecular complexity index is 273. The SMILES string of the molecule is C=CC(/C=C(\C)C#C[Si](C)(C)C)OC. The van der Waals surface area contributed by atoms with Crippen molar-refractivity contribution in [2.45, 2.75) is 32.7 Å². The maximum Gasteiger partial charge on any atom is 0.129 e. The largest absolute Gasteiger partial charge is 0.373 e. The molecular formula is C12H20OSi. The second-order valence-corrected chi connectivity index (χ2v) is 9.04. The smallest absolute Gasteiger partial charge is 0.129 e. The van der Waals surface area contributed by atoms with E-state index in [1.807, 2.05) is 13.0 Å². The molecular weight excluding hydrogens is 188 g/mol. The van der Waals surface area contributed by atoms with Gasteiger partial charge in [0.25, 0.3) is 0 Å². The van der Waals surface area contributed by atoms with Gasteiger partial charge in [0.2, 0.25) is 0 Å². The molecule has 0 aromatic rings. The average molecular weight is 208 g/mol. The summed E-state index contributed by atoms with van der Waals surface area (Å²) in [6.45, 7) is 12.4. The molecule has 0 aromatic carbocycles. The summed E-state index contributed by atoms with van der Waals surface area (Å²) in [6, 6.07) is 0. The van der Waals surface area contributed by atoms with E-state index in [1.165, 1.54) is 0 Å². The number of ether oxygens (including phenoxy) is 1. The lowest BCUT2D eigenvalue weighted by Crippen LogP contribution is -2.16. The fourth-order valence-electron chi connectivity index (χ4n) is 0.806. The fraction of sp³-hybridized carbons (Fsp3) is 0.500. The van der Waals surface area contributed by atoms with E-state index in [9.17, 15) is 0 Å². The van der Waals surface area contributed by atoms with Crippen molar-refractivity contribution in [2.75, 3.05) is 7.11 Å². The first-order valence-electron chi connectivity index (χ1n) is 4.76. The zero-order chi connectivity index (χ0) is 11.2. The van der Waals surface area contributed by atoms with Gasteiger partial charge in [0.1, 0.15) is 8.07 Å². The van der Waals surface area contributed by atoms with Gasteiger partial charge in [0.15, 0.2) is 0 Å². The molecule has 0 aliphatic carbocycles. The van der Waals surface area contributed by atoms with Gasteiger partial charge in [-0.15, -0.1) is 12.1 Å². The van der Waals surface area contributed by atoms with Crippen molar-refractivity contribution >= 4 is 8.07 Å². The monoisotopic (exact) mass is 208 g/mol. The van der Waals surface area contributed by atoms with E-state index in [4.69, 9.17) is 4.74 Å². The predicted molar refractivity (Wildman–Crippen MR) is 65.9 cm³/mol. The minimum Gasteiger partial charge on any atom is -0.373 e. The Morgan fingerprint density at radius 1 is 1.43 bits per heavy atom. The van der Waals surface area contributed by atoms with Crippen LogP contribution < -0.4 is 0 Å². The summed E-state index contributed by atoms with van der Waals surface area (Å²) in [5.41, 5.74) is 4.36. The molecule has 0 fully saturated rings. The van der Waals surface area contributed by atoms with Gasteiger partial charge in [-0.25, -0.2) is 0 Å². The first-order chi connectivity index (χ1) is 6.39. The first-order valence-corrected chi connectivity index (χ1v) is 8.26. The van der Waals surface area contributed by atoms with Crippen LogP contribution in [-0.2, 0) is 4.74 Å². The van der Waals surface area contributed by atoms with E-state index in [1.54, 1.807) is 13.2 Å². The van der Waals surface area contributed by atoms with E-state index in [0.717, 1.165) is 5.57 Å². The van der Waals surface area contributed by atoms with Crippen LogP contribution >= 0.6 is 0 Å². The topological polar surface area (TPSA) is 9.23 Å². The highest BCUT2D eigenvalue weighted by Crippen LogP contribution is 2.01. The van der Waals surface area contributed by atoms with Crippen LogP contribution in [0.25, 0.3) is 0 Å². The highest BCUT2D eigenvalue weighted by molar-refractivity contribution is 6.83. The number of rotatable bonds is 3. The molecule has 0 heterocycles. The van der Waals surface area contributed by atoms with Crippen molar-refractivity contribution < 1.29 is 4.74 Å². The fourth-order valence-corrected chi connectivity index (χ4v) is 1.38. The Labute approximate surface area is 88.9 Å². The lowest BCUT2D eigenvalue weighted by molar-refractivity contribution is 0.177. The van der Waals surface area contributed by atoms with Crippen molar-refractivity contribution in [3.8, 4) is 11.5 Å². The first kappa shape index (κ1) is 13.2. The standard InChI is InChI=1S/C12H20OSi/c1-7-12(13-3)10-11(2)8-9-14(4,5)6/h7,10,12H,1H2,2-6H3/b11-10+. The zero-order valence-electron chi connectivity index (χ0n) is 9.85. The zero-order valence-corrected chi connectivity index (χ0v) is 10.8. The van der Waals surface area contributed by atoms with E-state index < -0.39 is 8.07 Å². The van der Waals surface area contributed by atoms with Gasteiger partial charge in [-0.2, -0.15) is 0 Å². The van der Waals surface area contributed by atoms with E-state index in [-0.39, 0.29) is 6.10 Å². The summed E-state index contributed by atoms with van der Waals surface area (Å²) in [7, 11) is 0.409. The Morgan fingerprint density at radius 2 is 2.00 bits per heavy atom. The van der Waals surface area contributed by atoms with Gasteiger partial charge in [-0.05, 0) is 18.6 Å². The summed E-state index contributed by atoms with van der Waals surface area (Å²) in [5.74, 6) is 3.17. The summed E-state index contributed by atoms with van der Waals surface area (Å²) in [4.78, 5) is 0. The molecule has 0 amide bonds. The van der Waals surface area contributed by atoms with Gasteiger partial charge in [-0.3, -0.25) is 0 Å². The molecule has 0 N–H and O–H groups in total. The molecule has 0 saturated carbocycles. The van der Waals surface area contributed by atoms with E-state index >= 15 is 0 Å². The Kier molecular flexibility index (Phi) is 5.52. The highest BCUT2D eigenvalue weighted by Gasteiger charge is 2.07. The van der Waals surface area contributed by atoms with Crippen LogP contribution in [-0.4, -0.2) is 21.3 Å². The maximum atomic E-state index is 5.15. The third-order valence-electron chi connectivity index (χ3n) is 1.55. The van der Waals surface area contributed by atoms with Crippen LogP contribution in [0.2, 0.25) is 19.6 Å². The number of methoxy groups -OCH3 is 1. The van der Waals surface area contributed by atoms with Crippen molar-refractivity contribution in [2.24, 2.45) is 0 Å². The molecule has 1 unspecified atom stereocenters. The molecule has 2 heteroatoms. The molecule has 0 rings (SSSR count). The Hall–Kier alpha value is -0.783. The van der Waals surface area contributed by atoms with E-state index in [2.05, 4.69) is 37.7 Å². The van der Waals surface area contributed by atoms with Crippen molar-refractivity contribution in [1.82, 2.24) is 0 Å². The summed E-state index contributed by atoms with van der Waals surface area (Å²) >= 11 is 0. The Balaban J connectivity index is 4.52. The van der Waals surface area contributed by atoms with Gasteiger partial charge in [0, 0.05) is 7.11 Å². The molecule has 0 aliphatic rings. The third kappa shape index (κ3) is 6.70. The van der Waals surface area contributed by atoms with Crippen molar-refractivity contribution in [3.63, 3.8) is 0 Å². The number of hydrogen-bond acceptors (Lipinski definition) is 1. The molecule has 1 nitrogen and oxygen atoms in total. The van der Waals surface area contributed by atoms with Gasteiger partial charge in [-0.1, -0.05) is 31.6 Å². The van der Waals surface area contributed by atoms with Crippen LogP contribution in [0.15, 0.2) is 24.3 Å². The van der Waals surface area contributed by atoms with Crippen LogP contribution in [0.1, 0.15) is 6.92 Å².